The van der Waals surface area contributed by atoms with Crippen LogP contribution in [0.2, 0.25) is 0 Å². The van der Waals surface area contributed by atoms with Gasteiger partial charge in [-0.15, -0.1) is 0 Å². The van der Waals surface area contributed by atoms with E-state index in [4.69, 9.17) is 0 Å². The Bertz CT molecular complexity index is 1180. The van der Waals surface area contributed by atoms with E-state index in [9.17, 15) is 18.0 Å². The topological polar surface area (TPSA) is 86.8 Å². The number of amides is 2. The number of carbonyl (C=O) groups excluding carboxylic acids is 2. The predicted molar refractivity (Wildman–Crippen MR) is 151 cm³/mol. The van der Waals surface area contributed by atoms with Crippen molar-refractivity contribution >= 4 is 27.5 Å². The molecule has 7 nitrogen and oxygen atoms in total. The van der Waals surface area contributed by atoms with Gasteiger partial charge in [0.25, 0.3) is 0 Å². The smallest absolute Gasteiger partial charge is 0.243 e. The zero-order chi connectivity index (χ0) is 28.0. The van der Waals surface area contributed by atoms with Crippen molar-refractivity contribution in [2.45, 2.75) is 85.9 Å². The van der Waals surface area contributed by atoms with Crippen LogP contribution in [0.4, 0.5) is 5.69 Å². The predicted octanol–water partition coefficient (Wildman–Crippen LogP) is 4.88. The molecular formula is C29H43N3O4S. The Morgan fingerprint density at radius 3 is 2.11 bits per heavy atom. The third-order valence-corrected chi connectivity index (χ3v) is 7.48. The first-order valence-electron chi connectivity index (χ1n) is 12.8. The first-order chi connectivity index (χ1) is 17.1. The van der Waals surface area contributed by atoms with E-state index in [1.807, 2.05) is 84.9 Å². The molecule has 0 heterocycles. The Balaban J connectivity index is 2.25. The summed E-state index contributed by atoms with van der Waals surface area (Å²) in [5, 5.41) is 3.01. The average Bonchev–Trinajstić information content (AvgIpc) is 2.77. The second kappa shape index (κ2) is 12.6. The van der Waals surface area contributed by atoms with Crippen LogP contribution in [-0.2, 0) is 26.2 Å². The highest BCUT2D eigenvalue weighted by molar-refractivity contribution is 7.92. The summed E-state index contributed by atoms with van der Waals surface area (Å²) in [4.78, 5) is 28.3. The minimum Gasteiger partial charge on any atom is -0.350 e. The van der Waals surface area contributed by atoms with E-state index in [0.717, 1.165) is 22.3 Å². The van der Waals surface area contributed by atoms with Gasteiger partial charge in [0.2, 0.25) is 21.8 Å². The number of sulfonamides is 1. The van der Waals surface area contributed by atoms with Crippen LogP contribution < -0.4 is 9.62 Å². The molecule has 0 saturated heterocycles. The molecule has 1 atom stereocenters. The van der Waals surface area contributed by atoms with Gasteiger partial charge >= 0.3 is 0 Å². The van der Waals surface area contributed by atoms with Gasteiger partial charge in [-0.2, -0.15) is 0 Å². The van der Waals surface area contributed by atoms with Crippen molar-refractivity contribution in [3.63, 3.8) is 0 Å². The lowest BCUT2D eigenvalue weighted by Gasteiger charge is -2.33. The Morgan fingerprint density at radius 1 is 0.973 bits per heavy atom. The Morgan fingerprint density at radius 2 is 1.59 bits per heavy atom. The van der Waals surface area contributed by atoms with Crippen LogP contribution in [0.25, 0.3) is 0 Å². The van der Waals surface area contributed by atoms with Crippen molar-refractivity contribution < 1.29 is 18.0 Å². The molecule has 2 aromatic carbocycles. The van der Waals surface area contributed by atoms with Crippen molar-refractivity contribution in [2.24, 2.45) is 0 Å². The van der Waals surface area contributed by atoms with Crippen LogP contribution in [0, 0.1) is 20.8 Å². The summed E-state index contributed by atoms with van der Waals surface area (Å²) < 4.78 is 26.5. The molecule has 204 valence electrons. The molecule has 0 aliphatic rings. The molecular weight excluding hydrogens is 486 g/mol. The quantitative estimate of drug-likeness (QED) is 0.449. The van der Waals surface area contributed by atoms with Crippen molar-refractivity contribution in [3.8, 4) is 0 Å². The first kappa shape index (κ1) is 30.4. The fourth-order valence-electron chi connectivity index (χ4n) is 4.15. The van der Waals surface area contributed by atoms with Gasteiger partial charge in [-0.1, -0.05) is 42.8 Å². The maximum atomic E-state index is 13.5. The lowest BCUT2D eigenvalue weighted by molar-refractivity contribution is -0.142. The fraction of sp³-hybridized carbons (Fsp3) is 0.517. The van der Waals surface area contributed by atoms with Crippen molar-refractivity contribution in [3.05, 3.63) is 64.7 Å². The molecule has 0 aliphatic carbocycles. The van der Waals surface area contributed by atoms with Gasteiger partial charge in [0.05, 0.1) is 11.9 Å². The van der Waals surface area contributed by atoms with Gasteiger partial charge in [0.15, 0.2) is 0 Å². The molecule has 37 heavy (non-hydrogen) atoms. The number of nitrogens with zero attached hydrogens (tertiary/aromatic N) is 2. The van der Waals surface area contributed by atoms with Crippen LogP contribution in [0.1, 0.15) is 69.2 Å². The maximum absolute atomic E-state index is 13.5. The lowest BCUT2D eigenvalue weighted by Crippen LogP contribution is -2.53. The molecule has 0 radical (unpaired) electrons. The molecule has 0 saturated carbocycles. The molecule has 2 aromatic rings. The van der Waals surface area contributed by atoms with E-state index in [1.54, 1.807) is 11.0 Å². The highest BCUT2D eigenvalue weighted by Crippen LogP contribution is 2.22. The number of benzene rings is 2. The Labute approximate surface area is 223 Å². The van der Waals surface area contributed by atoms with E-state index in [-0.39, 0.29) is 24.8 Å². The van der Waals surface area contributed by atoms with Crippen LogP contribution in [0.3, 0.4) is 0 Å². The number of hydrogen-bond donors (Lipinski definition) is 1. The largest absolute Gasteiger partial charge is 0.350 e. The molecule has 0 aromatic heterocycles. The molecule has 0 bridgehead atoms. The van der Waals surface area contributed by atoms with Crippen molar-refractivity contribution in [1.29, 1.82) is 0 Å². The molecule has 0 aliphatic heterocycles. The molecule has 0 unspecified atom stereocenters. The zero-order valence-electron chi connectivity index (χ0n) is 23.6. The zero-order valence-corrected chi connectivity index (χ0v) is 24.4. The first-order valence-corrected chi connectivity index (χ1v) is 14.7. The van der Waals surface area contributed by atoms with Crippen LogP contribution in [0.5, 0.6) is 0 Å². The van der Waals surface area contributed by atoms with Gasteiger partial charge < -0.3 is 10.2 Å². The number of anilines is 1. The summed E-state index contributed by atoms with van der Waals surface area (Å²) in [5.41, 5.74) is 4.30. The maximum Gasteiger partial charge on any atom is 0.243 e. The highest BCUT2D eigenvalue weighted by Gasteiger charge is 2.30. The van der Waals surface area contributed by atoms with Crippen LogP contribution in [0.15, 0.2) is 42.5 Å². The second-order valence-corrected chi connectivity index (χ2v) is 12.8. The lowest BCUT2D eigenvalue weighted by atomic mass is 10.0. The third-order valence-electron chi connectivity index (χ3n) is 6.29. The molecule has 8 heteroatoms. The molecule has 2 amide bonds. The van der Waals surface area contributed by atoms with E-state index in [0.29, 0.717) is 25.1 Å². The van der Waals surface area contributed by atoms with Gasteiger partial charge in [0, 0.05) is 25.0 Å². The summed E-state index contributed by atoms with van der Waals surface area (Å²) in [6, 6.07) is 12.8. The van der Waals surface area contributed by atoms with E-state index < -0.39 is 21.6 Å². The molecule has 0 fully saturated rings. The van der Waals surface area contributed by atoms with E-state index in [2.05, 4.69) is 5.32 Å². The number of nitrogens with one attached hydrogen (secondary N) is 1. The summed E-state index contributed by atoms with van der Waals surface area (Å²) in [6.07, 6.45) is 2.11. The molecule has 1 N–H and O–H groups in total. The van der Waals surface area contributed by atoms with Gasteiger partial charge in [-0.25, -0.2) is 8.42 Å². The Hall–Kier alpha value is -2.87. The Kier molecular flexibility index (Phi) is 10.3. The summed E-state index contributed by atoms with van der Waals surface area (Å²) in [7, 11) is -3.53. The van der Waals surface area contributed by atoms with Gasteiger partial charge in [-0.05, 0) is 83.2 Å². The summed E-state index contributed by atoms with van der Waals surface area (Å²) >= 11 is 0. The van der Waals surface area contributed by atoms with Crippen molar-refractivity contribution in [2.75, 3.05) is 17.1 Å². The number of rotatable bonds is 11. The summed E-state index contributed by atoms with van der Waals surface area (Å²) in [6.45, 7) is 14.0. The highest BCUT2D eigenvalue weighted by atomic mass is 32.2. The summed E-state index contributed by atoms with van der Waals surface area (Å²) in [5.74, 6) is -0.367. The number of aryl methyl sites for hydroxylation is 3. The molecule has 0 spiro atoms. The van der Waals surface area contributed by atoms with Crippen LogP contribution in [-0.4, -0.2) is 49.5 Å². The van der Waals surface area contributed by atoms with Crippen LogP contribution >= 0.6 is 0 Å². The number of carbonyl (C=O) groups is 2. The van der Waals surface area contributed by atoms with E-state index in [1.165, 1.54) is 10.6 Å². The van der Waals surface area contributed by atoms with Gasteiger partial charge in [-0.3, -0.25) is 13.9 Å². The second-order valence-electron chi connectivity index (χ2n) is 10.9. The third kappa shape index (κ3) is 9.18. The van der Waals surface area contributed by atoms with Crippen molar-refractivity contribution in [1.82, 2.24) is 10.2 Å². The number of hydrogen-bond acceptors (Lipinski definition) is 4. The SMILES string of the molecule is CC[C@@H](C(=O)NC(C)(C)C)N(Cc1ccc(C)cc1)C(=O)CCCN(c1ccc(C)c(C)c1)S(C)(=O)=O. The monoisotopic (exact) mass is 529 g/mol. The minimum absolute atomic E-state index is 0.127. The fourth-order valence-corrected chi connectivity index (χ4v) is 5.10. The average molecular weight is 530 g/mol. The minimum atomic E-state index is -3.53. The standard InChI is InChI=1S/C29H43N3O4S/c1-9-26(28(34)30-29(5,6)7)31(20-24-15-12-21(2)13-16-24)27(33)11-10-18-32(37(8,35)36)25-17-14-22(3)23(4)19-25/h12-17,19,26H,9-11,18,20H2,1-8H3,(H,30,34)/t26-/m0/s1. The van der Waals surface area contributed by atoms with Gasteiger partial charge in [0.1, 0.15) is 6.04 Å². The normalized spacial score (nSPS) is 12.6. The molecule has 2 rings (SSSR count). The van der Waals surface area contributed by atoms with E-state index >= 15 is 0 Å².